The van der Waals surface area contributed by atoms with Gasteiger partial charge in [-0.1, -0.05) is 24.9 Å². The second-order valence-corrected chi connectivity index (χ2v) is 6.19. The SMILES string of the molecule is CCCCS(=O)(=O)Nc1cnc(C)c(Cl)c1C. The van der Waals surface area contributed by atoms with E-state index in [-0.39, 0.29) is 5.75 Å². The summed E-state index contributed by atoms with van der Waals surface area (Å²) < 4.78 is 26.0. The molecule has 0 saturated carbocycles. The molecule has 0 spiro atoms. The van der Waals surface area contributed by atoms with Gasteiger partial charge in [0, 0.05) is 0 Å². The monoisotopic (exact) mass is 276 g/mol. The minimum absolute atomic E-state index is 0.119. The van der Waals surface area contributed by atoms with Crippen LogP contribution >= 0.6 is 11.6 Å². The first-order valence-corrected chi connectivity index (χ1v) is 7.52. The van der Waals surface area contributed by atoms with Crippen molar-refractivity contribution >= 4 is 27.3 Å². The zero-order chi connectivity index (χ0) is 13.1. The molecule has 0 bridgehead atoms. The molecule has 0 aromatic carbocycles. The standard InChI is InChI=1S/C11H17ClN2O2S/c1-4-5-6-17(15,16)14-10-7-13-9(3)11(12)8(10)2/h7,14H,4-6H2,1-3H3. The van der Waals surface area contributed by atoms with Gasteiger partial charge in [0.2, 0.25) is 10.0 Å². The van der Waals surface area contributed by atoms with E-state index in [1.807, 2.05) is 6.92 Å². The van der Waals surface area contributed by atoms with Gasteiger partial charge < -0.3 is 0 Å². The van der Waals surface area contributed by atoms with Crippen molar-refractivity contribution in [1.82, 2.24) is 4.98 Å². The molecule has 0 aliphatic rings. The average molecular weight is 277 g/mol. The van der Waals surface area contributed by atoms with Crippen LogP contribution in [-0.4, -0.2) is 19.2 Å². The number of sulfonamides is 1. The van der Waals surface area contributed by atoms with Gasteiger partial charge in [-0.3, -0.25) is 9.71 Å². The first kappa shape index (κ1) is 14.3. The number of pyridine rings is 1. The van der Waals surface area contributed by atoms with Crippen LogP contribution in [0.4, 0.5) is 5.69 Å². The van der Waals surface area contributed by atoms with Gasteiger partial charge in [0.1, 0.15) is 0 Å². The molecule has 0 fully saturated rings. The number of aromatic nitrogens is 1. The fourth-order valence-electron chi connectivity index (χ4n) is 1.36. The lowest BCUT2D eigenvalue weighted by Crippen LogP contribution is -2.17. The van der Waals surface area contributed by atoms with E-state index in [4.69, 9.17) is 11.6 Å². The Hall–Kier alpha value is -0.810. The molecular formula is C11H17ClN2O2S. The molecule has 4 nitrogen and oxygen atoms in total. The Morgan fingerprint density at radius 1 is 1.41 bits per heavy atom. The van der Waals surface area contributed by atoms with Gasteiger partial charge in [0.05, 0.1) is 28.4 Å². The quantitative estimate of drug-likeness (QED) is 0.900. The Bertz CT molecular complexity index is 500. The lowest BCUT2D eigenvalue weighted by atomic mass is 10.2. The van der Waals surface area contributed by atoms with Crippen molar-refractivity contribution in [2.45, 2.75) is 33.6 Å². The van der Waals surface area contributed by atoms with E-state index in [0.29, 0.717) is 28.4 Å². The predicted octanol–water partition coefficient (Wildman–Crippen LogP) is 2.89. The molecule has 1 heterocycles. The zero-order valence-corrected chi connectivity index (χ0v) is 11.8. The second-order valence-electron chi connectivity index (χ2n) is 3.97. The second kappa shape index (κ2) is 5.69. The van der Waals surface area contributed by atoms with Crippen molar-refractivity contribution < 1.29 is 8.42 Å². The van der Waals surface area contributed by atoms with Crippen molar-refractivity contribution in [3.05, 3.63) is 22.5 Å². The van der Waals surface area contributed by atoms with E-state index in [1.165, 1.54) is 6.20 Å². The maximum atomic E-state index is 11.7. The number of hydrogen-bond acceptors (Lipinski definition) is 3. The number of aryl methyl sites for hydroxylation is 1. The maximum absolute atomic E-state index is 11.7. The summed E-state index contributed by atoms with van der Waals surface area (Å²) in [5.41, 5.74) is 1.86. The normalized spacial score (nSPS) is 11.5. The molecule has 1 aromatic heterocycles. The van der Waals surface area contributed by atoms with Crippen LogP contribution < -0.4 is 4.72 Å². The molecule has 17 heavy (non-hydrogen) atoms. The third-order valence-corrected chi connectivity index (χ3v) is 4.38. The highest BCUT2D eigenvalue weighted by atomic mass is 35.5. The molecular weight excluding hydrogens is 260 g/mol. The van der Waals surface area contributed by atoms with Crippen molar-refractivity contribution in [3.8, 4) is 0 Å². The van der Waals surface area contributed by atoms with Crippen molar-refractivity contribution in [2.24, 2.45) is 0 Å². The van der Waals surface area contributed by atoms with Crippen LogP contribution in [0.15, 0.2) is 6.20 Å². The van der Waals surface area contributed by atoms with Gasteiger partial charge in [-0.05, 0) is 25.8 Å². The summed E-state index contributed by atoms with van der Waals surface area (Å²) in [6, 6.07) is 0. The fourth-order valence-corrected chi connectivity index (χ4v) is 2.82. The summed E-state index contributed by atoms with van der Waals surface area (Å²) in [5, 5.41) is 0.501. The molecule has 0 radical (unpaired) electrons. The van der Waals surface area contributed by atoms with Crippen molar-refractivity contribution in [1.29, 1.82) is 0 Å². The molecule has 1 aromatic rings. The van der Waals surface area contributed by atoms with Gasteiger partial charge in [-0.25, -0.2) is 8.42 Å². The topological polar surface area (TPSA) is 59.1 Å². The van der Waals surface area contributed by atoms with Crippen LogP contribution in [-0.2, 0) is 10.0 Å². The summed E-state index contributed by atoms with van der Waals surface area (Å²) in [6.07, 6.45) is 2.98. The van der Waals surface area contributed by atoms with Gasteiger partial charge in [0.15, 0.2) is 0 Å². The average Bonchev–Trinajstić information content (AvgIpc) is 2.27. The third kappa shape index (κ3) is 3.85. The number of unbranched alkanes of at least 4 members (excludes halogenated alkanes) is 1. The van der Waals surface area contributed by atoms with Crippen LogP contribution in [0.2, 0.25) is 5.02 Å². The summed E-state index contributed by atoms with van der Waals surface area (Å²) in [5.74, 6) is 0.119. The molecule has 0 atom stereocenters. The smallest absolute Gasteiger partial charge is 0.232 e. The molecule has 0 amide bonds. The summed E-state index contributed by atoms with van der Waals surface area (Å²) in [7, 11) is -3.30. The molecule has 0 saturated heterocycles. The van der Waals surface area contributed by atoms with Gasteiger partial charge in [-0.2, -0.15) is 0 Å². The molecule has 96 valence electrons. The number of halogens is 1. The summed E-state index contributed by atoms with van der Waals surface area (Å²) in [4.78, 5) is 4.05. The Labute approximate surface area is 107 Å². The summed E-state index contributed by atoms with van der Waals surface area (Å²) in [6.45, 7) is 5.50. The number of anilines is 1. The molecule has 6 heteroatoms. The Balaban J connectivity index is 2.93. The lowest BCUT2D eigenvalue weighted by molar-refractivity contribution is 0.598. The van der Waals surface area contributed by atoms with E-state index in [0.717, 1.165) is 6.42 Å². The molecule has 0 aliphatic heterocycles. The van der Waals surface area contributed by atoms with Gasteiger partial charge >= 0.3 is 0 Å². The minimum atomic E-state index is -3.30. The van der Waals surface area contributed by atoms with E-state index < -0.39 is 10.0 Å². The van der Waals surface area contributed by atoms with Crippen LogP contribution in [0, 0.1) is 13.8 Å². The van der Waals surface area contributed by atoms with Crippen LogP contribution in [0.1, 0.15) is 31.0 Å². The molecule has 0 unspecified atom stereocenters. The molecule has 0 aliphatic carbocycles. The molecule has 1 rings (SSSR count). The maximum Gasteiger partial charge on any atom is 0.232 e. The largest absolute Gasteiger partial charge is 0.282 e. The van der Waals surface area contributed by atoms with Crippen molar-refractivity contribution in [2.75, 3.05) is 10.5 Å². The van der Waals surface area contributed by atoms with Crippen LogP contribution in [0.25, 0.3) is 0 Å². The highest BCUT2D eigenvalue weighted by molar-refractivity contribution is 7.92. The Morgan fingerprint density at radius 2 is 2.06 bits per heavy atom. The van der Waals surface area contributed by atoms with E-state index >= 15 is 0 Å². The number of rotatable bonds is 5. The summed E-state index contributed by atoms with van der Waals surface area (Å²) >= 11 is 6.02. The Morgan fingerprint density at radius 3 is 2.65 bits per heavy atom. The highest BCUT2D eigenvalue weighted by Crippen LogP contribution is 2.25. The predicted molar refractivity (Wildman–Crippen MR) is 71.0 cm³/mol. The van der Waals surface area contributed by atoms with Gasteiger partial charge in [-0.15, -0.1) is 0 Å². The number of nitrogens with one attached hydrogen (secondary N) is 1. The van der Waals surface area contributed by atoms with E-state index in [1.54, 1.807) is 13.8 Å². The zero-order valence-electron chi connectivity index (χ0n) is 10.2. The van der Waals surface area contributed by atoms with Crippen LogP contribution in [0.3, 0.4) is 0 Å². The number of hydrogen-bond donors (Lipinski definition) is 1. The fraction of sp³-hybridized carbons (Fsp3) is 0.545. The van der Waals surface area contributed by atoms with Gasteiger partial charge in [0.25, 0.3) is 0 Å². The number of nitrogens with zero attached hydrogens (tertiary/aromatic N) is 1. The third-order valence-electron chi connectivity index (χ3n) is 2.47. The van der Waals surface area contributed by atoms with Crippen LogP contribution in [0.5, 0.6) is 0 Å². The Kier molecular flexibility index (Phi) is 4.77. The highest BCUT2D eigenvalue weighted by Gasteiger charge is 2.13. The lowest BCUT2D eigenvalue weighted by Gasteiger charge is -2.11. The minimum Gasteiger partial charge on any atom is -0.282 e. The van der Waals surface area contributed by atoms with Crippen molar-refractivity contribution in [3.63, 3.8) is 0 Å². The first-order valence-electron chi connectivity index (χ1n) is 5.49. The van der Waals surface area contributed by atoms with E-state index in [2.05, 4.69) is 9.71 Å². The molecule has 1 N–H and O–H groups in total. The first-order chi connectivity index (χ1) is 7.87. The van der Waals surface area contributed by atoms with E-state index in [9.17, 15) is 8.42 Å².